The Morgan fingerprint density at radius 3 is 2.17 bits per heavy atom. The van der Waals surface area contributed by atoms with Crippen molar-refractivity contribution in [2.45, 2.75) is 37.8 Å². The first kappa shape index (κ1) is 22.1. The summed E-state index contributed by atoms with van der Waals surface area (Å²) >= 11 is 0. The lowest BCUT2D eigenvalue weighted by Crippen LogP contribution is -2.42. The maximum Gasteiger partial charge on any atom is 0.324 e. The van der Waals surface area contributed by atoms with Crippen molar-refractivity contribution >= 4 is 27.6 Å². The van der Waals surface area contributed by atoms with Crippen molar-refractivity contribution in [3.63, 3.8) is 0 Å². The first-order valence-corrected chi connectivity index (χ1v) is 10.2. The summed E-state index contributed by atoms with van der Waals surface area (Å²) < 4.78 is 32.0. The Balaban J connectivity index is 1.94. The Morgan fingerprint density at radius 1 is 1.03 bits per heavy atom. The smallest absolute Gasteiger partial charge is 0.324 e. The van der Waals surface area contributed by atoms with Crippen LogP contribution in [0, 0.1) is 18.3 Å². The van der Waals surface area contributed by atoms with E-state index < -0.39 is 34.0 Å². The largest absolute Gasteiger partial charge is 0.451 e. The molecular formula is C20H21N3O5S. The Labute approximate surface area is 169 Å². The molecule has 29 heavy (non-hydrogen) atoms. The second-order valence-corrected chi connectivity index (χ2v) is 8.13. The summed E-state index contributed by atoms with van der Waals surface area (Å²) in [4.78, 5) is 24.4. The van der Waals surface area contributed by atoms with Crippen LogP contribution >= 0.6 is 0 Å². The number of anilines is 1. The van der Waals surface area contributed by atoms with Crippen LogP contribution in [0.3, 0.4) is 0 Å². The average Bonchev–Trinajstić information content (AvgIpc) is 2.68. The number of ether oxygens (including phenoxy) is 1. The zero-order chi connectivity index (χ0) is 21.6. The molecule has 2 rings (SSSR count). The first-order chi connectivity index (χ1) is 13.6. The minimum absolute atomic E-state index is 0.0226. The molecule has 9 heteroatoms. The van der Waals surface area contributed by atoms with Gasteiger partial charge in [0.05, 0.1) is 16.5 Å². The number of hydrogen-bond donors (Lipinski definition) is 2. The number of carbonyl (C=O) groups excluding carboxylic acids is 2. The van der Waals surface area contributed by atoms with Crippen molar-refractivity contribution in [2.75, 3.05) is 5.32 Å². The Kier molecular flexibility index (Phi) is 7.09. The Morgan fingerprint density at radius 2 is 1.62 bits per heavy atom. The fourth-order valence-electron chi connectivity index (χ4n) is 2.27. The van der Waals surface area contributed by atoms with Crippen molar-refractivity contribution in [1.29, 1.82) is 5.26 Å². The highest BCUT2D eigenvalue weighted by molar-refractivity contribution is 7.89. The summed E-state index contributed by atoms with van der Waals surface area (Å²) in [7, 11) is -3.91. The molecule has 2 atom stereocenters. The zero-order valence-corrected chi connectivity index (χ0v) is 17.0. The molecule has 0 heterocycles. The maximum atomic E-state index is 12.4. The lowest BCUT2D eigenvalue weighted by Gasteiger charge is -2.17. The van der Waals surface area contributed by atoms with Crippen molar-refractivity contribution < 1.29 is 22.7 Å². The second-order valence-electron chi connectivity index (χ2n) is 6.41. The van der Waals surface area contributed by atoms with Crippen LogP contribution in [-0.2, 0) is 24.3 Å². The van der Waals surface area contributed by atoms with Crippen LogP contribution in [0.15, 0.2) is 53.4 Å². The number of amides is 1. The highest BCUT2D eigenvalue weighted by Gasteiger charge is 2.26. The minimum atomic E-state index is -3.91. The van der Waals surface area contributed by atoms with Gasteiger partial charge in [0.2, 0.25) is 10.0 Å². The van der Waals surface area contributed by atoms with E-state index in [-0.39, 0.29) is 4.90 Å². The molecule has 0 aromatic heterocycles. The van der Waals surface area contributed by atoms with Gasteiger partial charge in [0, 0.05) is 5.69 Å². The predicted octanol–water partition coefficient (Wildman–Crippen LogP) is 2.10. The molecule has 2 aromatic carbocycles. The highest BCUT2D eigenvalue weighted by atomic mass is 32.2. The lowest BCUT2D eigenvalue weighted by atomic mass is 10.2. The van der Waals surface area contributed by atoms with E-state index >= 15 is 0 Å². The number of rotatable bonds is 7. The van der Waals surface area contributed by atoms with Gasteiger partial charge in [-0.3, -0.25) is 9.59 Å². The van der Waals surface area contributed by atoms with Crippen LogP contribution in [0.5, 0.6) is 0 Å². The van der Waals surface area contributed by atoms with Gasteiger partial charge in [0.15, 0.2) is 6.10 Å². The summed E-state index contributed by atoms with van der Waals surface area (Å²) in [6.07, 6.45) is -1.15. The summed E-state index contributed by atoms with van der Waals surface area (Å²) in [5.74, 6) is -1.47. The number of carbonyl (C=O) groups is 2. The van der Waals surface area contributed by atoms with Gasteiger partial charge in [-0.1, -0.05) is 17.7 Å². The normalized spacial score (nSPS) is 13.0. The molecule has 0 aliphatic rings. The molecule has 0 saturated carbocycles. The Bertz CT molecular complexity index is 1030. The number of hydrogen-bond acceptors (Lipinski definition) is 6. The fourth-order valence-corrected chi connectivity index (χ4v) is 3.46. The topological polar surface area (TPSA) is 125 Å². The van der Waals surface area contributed by atoms with Crippen molar-refractivity contribution in [2.24, 2.45) is 0 Å². The molecule has 0 radical (unpaired) electrons. The van der Waals surface area contributed by atoms with Gasteiger partial charge in [-0.05, 0) is 57.2 Å². The third-order valence-electron chi connectivity index (χ3n) is 3.96. The van der Waals surface area contributed by atoms with E-state index in [4.69, 9.17) is 10.00 Å². The van der Waals surface area contributed by atoms with Gasteiger partial charge in [0.25, 0.3) is 5.91 Å². The number of nitrogens with zero attached hydrogens (tertiary/aromatic N) is 1. The van der Waals surface area contributed by atoms with Crippen LogP contribution in [0.25, 0.3) is 0 Å². The van der Waals surface area contributed by atoms with E-state index in [9.17, 15) is 18.0 Å². The van der Waals surface area contributed by atoms with Gasteiger partial charge in [-0.25, -0.2) is 8.42 Å². The summed E-state index contributed by atoms with van der Waals surface area (Å²) in [6.45, 7) is 4.53. The molecule has 0 saturated heterocycles. The lowest BCUT2D eigenvalue weighted by molar-refractivity contribution is -0.154. The molecule has 2 aromatic rings. The van der Waals surface area contributed by atoms with E-state index in [1.807, 2.05) is 13.0 Å². The molecule has 0 bridgehead atoms. The van der Waals surface area contributed by atoms with Gasteiger partial charge in [-0.2, -0.15) is 9.98 Å². The molecule has 0 aliphatic heterocycles. The quantitative estimate of drug-likeness (QED) is 0.667. The summed E-state index contributed by atoms with van der Waals surface area (Å²) in [6, 6.07) is 13.1. The van der Waals surface area contributed by atoms with Gasteiger partial charge in [0.1, 0.15) is 6.04 Å². The molecular weight excluding hydrogens is 394 g/mol. The molecule has 8 nitrogen and oxygen atoms in total. The maximum absolute atomic E-state index is 12.4. The third kappa shape index (κ3) is 6.14. The van der Waals surface area contributed by atoms with Gasteiger partial charge in [-0.15, -0.1) is 0 Å². The third-order valence-corrected chi connectivity index (χ3v) is 5.52. The molecule has 0 aliphatic carbocycles. The van der Waals surface area contributed by atoms with Crippen LogP contribution < -0.4 is 10.0 Å². The van der Waals surface area contributed by atoms with Crippen molar-refractivity contribution in [3.8, 4) is 6.07 Å². The highest BCUT2D eigenvalue weighted by Crippen LogP contribution is 2.12. The van der Waals surface area contributed by atoms with Gasteiger partial charge >= 0.3 is 5.97 Å². The number of sulfonamides is 1. The van der Waals surface area contributed by atoms with Crippen LogP contribution in [-0.4, -0.2) is 32.4 Å². The SMILES string of the molecule is Cc1ccc(S(=O)(=O)N[C@H](C)C(=O)O[C@H](C)C(=O)Nc2ccc(C#N)cc2)cc1. The van der Waals surface area contributed by atoms with E-state index in [1.165, 1.54) is 38.1 Å². The van der Waals surface area contributed by atoms with Gasteiger partial charge < -0.3 is 10.1 Å². The van der Waals surface area contributed by atoms with Crippen molar-refractivity contribution in [3.05, 3.63) is 59.7 Å². The monoisotopic (exact) mass is 415 g/mol. The molecule has 152 valence electrons. The van der Waals surface area contributed by atoms with Crippen LogP contribution in [0.2, 0.25) is 0 Å². The number of aryl methyl sites for hydroxylation is 1. The van der Waals surface area contributed by atoms with E-state index in [2.05, 4.69) is 10.0 Å². The molecule has 2 N–H and O–H groups in total. The number of nitrogens with one attached hydrogen (secondary N) is 2. The molecule has 0 spiro atoms. The average molecular weight is 415 g/mol. The van der Waals surface area contributed by atoms with E-state index in [0.29, 0.717) is 11.3 Å². The number of nitriles is 1. The fraction of sp³-hybridized carbons (Fsp3) is 0.250. The second kappa shape index (κ2) is 9.32. The zero-order valence-electron chi connectivity index (χ0n) is 16.2. The molecule has 1 amide bonds. The van der Waals surface area contributed by atoms with Crippen LogP contribution in [0.1, 0.15) is 25.0 Å². The van der Waals surface area contributed by atoms with Crippen LogP contribution in [0.4, 0.5) is 5.69 Å². The number of esters is 1. The first-order valence-electron chi connectivity index (χ1n) is 8.73. The van der Waals surface area contributed by atoms with E-state index in [1.54, 1.807) is 24.3 Å². The minimum Gasteiger partial charge on any atom is -0.451 e. The summed E-state index contributed by atoms with van der Waals surface area (Å²) in [5, 5.41) is 11.3. The standard InChI is InChI=1S/C20H21N3O5S/c1-13-4-10-18(11-5-13)29(26,27)23-14(2)20(25)28-15(3)19(24)22-17-8-6-16(12-21)7-9-17/h4-11,14-15,23H,1-3H3,(H,22,24)/t14-,15-/m1/s1. The number of benzene rings is 2. The predicted molar refractivity (Wildman–Crippen MR) is 106 cm³/mol. The molecule has 0 fully saturated rings. The van der Waals surface area contributed by atoms with E-state index in [0.717, 1.165) is 5.56 Å². The summed E-state index contributed by atoms with van der Waals surface area (Å²) in [5.41, 5.74) is 1.78. The Hall–Kier alpha value is -3.22. The molecule has 0 unspecified atom stereocenters. The van der Waals surface area contributed by atoms with Crippen molar-refractivity contribution in [1.82, 2.24) is 4.72 Å².